The van der Waals surface area contributed by atoms with Crippen LogP contribution in [0.15, 0.2) is 59.2 Å². The molecule has 2 aliphatic heterocycles. The van der Waals surface area contributed by atoms with Gasteiger partial charge in [0.2, 0.25) is 0 Å². The molecular formula is C19H23N3O. The lowest BCUT2D eigenvalue weighted by Crippen LogP contribution is -2.34. The first-order chi connectivity index (χ1) is 10.9. The lowest BCUT2D eigenvalue weighted by atomic mass is 9.97. The Kier molecular flexibility index (Phi) is 3.84. The van der Waals surface area contributed by atoms with E-state index in [1.54, 1.807) is 6.08 Å². The van der Waals surface area contributed by atoms with Crippen LogP contribution in [0.5, 0.6) is 0 Å². The van der Waals surface area contributed by atoms with Gasteiger partial charge in [-0.2, -0.15) is 0 Å². The monoisotopic (exact) mass is 309 g/mol. The fourth-order valence-corrected chi connectivity index (χ4v) is 3.24. The summed E-state index contributed by atoms with van der Waals surface area (Å²) >= 11 is 0. The quantitative estimate of drug-likeness (QED) is 0.873. The average Bonchev–Trinajstić information content (AvgIpc) is 2.72. The maximum Gasteiger partial charge on any atom is 0.273 e. The lowest BCUT2D eigenvalue weighted by molar-refractivity contribution is -0.123. The molecule has 4 heteroatoms. The molecule has 1 unspecified atom stereocenters. The molecule has 2 aliphatic rings. The molecule has 3 rings (SSSR count). The van der Waals surface area contributed by atoms with E-state index < -0.39 is 0 Å². The molecule has 0 saturated carbocycles. The third kappa shape index (κ3) is 2.69. The Bertz CT molecular complexity index is 701. The minimum atomic E-state index is -0.306. The van der Waals surface area contributed by atoms with E-state index in [4.69, 9.17) is 4.99 Å². The van der Waals surface area contributed by atoms with Gasteiger partial charge in [-0.1, -0.05) is 36.4 Å². The van der Waals surface area contributed by atoms with Gasteiger partial charge in [0, 0.05) is 24.4 Å². The number of nitrogens with zero attached hydrogens (tertiary/aromatic N) is 2. The minimum Gasteiger partial charge on any atom is -0.386 e. The van der Waals surface area contributed by atoms with Crippen LogP contribution < -0.4 is 5.32 Å². The third-order valence-corrected chi connectivity index (χ3v) is 4.35. The molecule has 1 aromatic carbocycles. The van der Waals surface area contributed by atoms with Crippen molar-refractivity contribution in [1.29, 1.82) is 0 Å². The average molecular weight is 309 g/mol. The van der Waals surface area contributed by atoms with Crippen LogP contribution in [0.3, 0.4) is 0 Å². The zero-order chi connectivity index (χ0) is 16.6. The van der Waals surface area contributed by atoms with E-state index in [1.165, 1.54) is 0 Å². The fraction of sp³-hybridized carbons (Fsp3) is 0.368. The number of fused-ring (bicyclic) bond motifs is 1. The van der Waals surface area contributed by atoms with Crippen molar-refractivity contribution in [1.82, 2.24) is 10.2 Å². The first-order valence-electron chi connectivity index (χ1n) is 7.96. The Morgan fingerprint density at radius 2 is 2.09 bits per heavy atom. The van der Waals surface area contributed by atoms with E-state index in [1.807, 2.05) is 43.9 Å². The Labute approximate surface area is 137 Å². The molecular weight excluding hydrogens is 286 g/mol. The van der Waals surface area contributed by atoms with E-state index in [2.05, 4.69) is 24.0 Å². The van der Waals surface area contributed by atoms with Crippen LogP contribution in [-0.2, 0) is 4.79 Å². The van der Waals surface area contributed by atoms with Gasteiger partial charge in [-0.25, -0.2) is 0 Å². The van der Waals surface area contributed by atoms with Gasteiger partial charge in [0.05, 0.1) is 11.6 Å². The topological polar surface area (TPSA) is 44.7 Å². The molecule has 1 aromatic rings. The molecule has 2 heterocycles. The maximum absolute atomic E-state index is 13.0. The molecule has 120 valence electrons. The highest BCUT2D eigenvalue weighted by molar-refractivity contribution is 6.48. The summed E-state index contributed by atoms with van der Waals surface area (Å²) in [6.45, 7) is 11.2. The van der Waals surface area contributed by atoms with Crippen LogP contribution >= 0.6 is 0 Å². The van der Waals surface area contributed by atoms with Crippen molar-refractivity contribution >= 4 is 11.6 Å². The first kappa shape index (κ1) is 15.5. The molecule has 0 spiro atoms. The van der Waals surface area contributed by atoms with Gasteiger partial charge in [-0.3, -0.25) is 9.79 Å². The van der Waals surface area contributed by atoms with Crippen molar-refractivity contribution in [3.8, 4) is 0 Å². The molecule has 1 atom stereocenters. The number of nitrogens with one attached hydrogen (secondary N) is 1. The first-order valence-corrected chi connectivity index (χ1v) is 7.96. The number of benzene rings is 1. The van der Waals surface area contributed by atoms with Crippen molar-refractivity contribution in [3.05, 3.63) is 59.8 Å². The molecule has 0 radical (unpaired) electrons. The van der Waals surface area contributed by atoms with Crippen molar-refractivity contribution in [2.75, 3.05) is 13.1 Å². The standard InChI is InChI=1S/C19H23N3O/c1-5-11-22-17(14-9-7-6-8-10-14)15-13(2)20-12-19(3,4)21-16(15)18(22)23/h5-10,17,20H,1,11-12H2,2-4H3. The van der Waals surface area contributed by atoms with Gasteiger partial charge in [0.25, 0.3) is 5.91 Å². The van der Waals surface area contributed by atoms with Gasteiger partial charge >= 0.3 is 0 Å². The Morgan fingerprint density at radius 1 is 1.39 bits per heavy atom. The minimum absolute atomic E-state index is 0.00937. The summed E-state index contributed by atoms with van der Waals surface area (Å²) in [6, 6.07) is 10.0. The van der Waals surface area contributed by atoms with Crippen LogP contribution in [0.25, 0.3) is 0 Å². The largest absolute Gasteiger partial charge is 0.386 e. The Hall–Kier alpha value is -2.36. The van der Waals surface area contributed by atoms with Gasteiger partial charge in [-0.05, 0) is 26.3 Å². The molecule has 0 bridgehead atoms. The molecule has 1 amide bonds. The van der Waals surface area contributed by atoms with E-state index in [9.17, 15) is 4.79 Å². The molecule has 1 saturated heterocycles. The number of carbonyl (C=O) groups excluding carboxylic acids is 1. The smallest absolute Gasteiger partial charge is 0.273 e. The van der Waals surface area contributed by atoms with Crippen LogP contribution in [0.2, 0.25) is 0 Å². The second-order valence-corrected chi connectivity index (χ2v) is 6.72. The SMILES string of the molecule is C=CCN1C(=O)C2=NC(C)(C)CNC(C)=C2C1c1ccccc1. The summed E-state index contributed by atoms with van der Waals surface area (Å²) < 4.78 is 0. The normalized spacial score (nSPS) is 23.1. The summed E-state index contributed by atoms with van der Waals surface area (Å²) in [5, 5.41) is 3.45. The number of allylic oxidation sites excluding steroid dienone is 1. The summed E-state index contributed by atoms with van der Waals surface area (Å²) in [7, 11) is 0. The van der Waals surface area contributed by atoms with E-state index in [0.717, 1.165) is 23.4 Å². The van der Waals surface area contributed by atoms with Crippen LogP contribution in [0.1, 0.15) is 32.4 Å². The molecule has 1 fully saturated rings. The van der Waals surface area contributed by atoms with Crippen LogP contribution in [0.4, 0.5) is 0 Å². The Balaban J connectivity index is 2.19. The van der Waals surface area contributed by atoms with E-state index in [0.29, 0.717) is 12.3 Å². The third-order valence-electron chi connectivity index (χ3n) is 4.35. The summed E-state index contributed by atoms with van der Waals surface area (Å²) in [6.07, 6.45) is 1.77. The van der Waals surface area contributed by atoms with Gasteiger partial charge in [-0.15, -0.1) is 6.58 Å². The number of hydrogen-bond acceptors (Lipinski definition) is 3. The van der Waals surface area contributed by atoms with E-state index >= 15 is 0 Å². The molecule has 4 nitrogen and oxygen atoms in total. The predicted molar refractivity (Wildman–Crippen MR) is 93.3 cm³/mol. The second kappa shape index (κ2) is 5.69. The molecule has 0 aromatic heterocycles. The summed E-state index contributed by atoms with van der Waals surface area (Å²) in [5.41, 5.74) is 3.41. The summed E-state index contributed by atoms with van der Waals surface area (Å²) in [5.74, 6) is -0.00937. The highest BCUT2D eigenvalue weighted by Crippen LogP contribution is 2.39. The zero-order valence-corrected chi connectivity index (χ0v) is 14.0. The number of rotatable bonds is 3. The number of amides is 1. The zero-order valence-electron chi connectivity index (χ0n) is 14.0. The number of aliphatic imine (C=N–C) groups is 1. The number of carbonyl (C=O) groups is 1. The van der Waals surface area contributed by atoms with Crippen molar-refractivity contribution in [2.24, 2.45) is 4.99 Å². The molecule has 23 heavy (non-hydrogen) atoms. The van der Waals surface area contributed by atoms with Crippen LogP contribution in [0, 0.1) is 0 Å². The van der Waals surface area contributed by atoms with Gasteiger partial charge < -0.3 is 10.2 Å². The number of likely N-dealkylation sites (tertiary alicyclic amines) is 1. The predicted octanol–water partition coefficient (Wildman–Crippen LogP) is 2.85. The Morgan fingerprint density at radius 3 is 2.74 bits per heavy atom. The van der Waals surface area contributed by atoms with Crippen molar-refractivity contribution in [2.45, 2.75) is 32.4 Å². The van der Waals surface area contributed by atoms with Crippen molar-refractivity contribution in [3.63, 3.8) is 0 Å². The van der Waals surface area contributed by atoms with Crippen molar-refractivity contribution < 1.29 is 4.79 Å². The second-order valence-electron chi connectivity index (χ2n) is 6.72. The van der Waals surface area contributed by atoms with Crippen LogP contribution in [-0.4, -0.2) is 35.1 Å². The molecule has 1 N–H and O–H groups in total. The van der Waals surface area contributed by atoms with E-state index in [-0.39, 0.29) is 17.5 Å². The summed E-state index contributed by atoms with van der Waals surface area (Å²) in [4.78, 5) is 19.6. The van der Waals surface area contributed by atoms with Gasteiger partial charge in [0.1, 0.15) is 5.71 Å². The maximum atomic E-state index is 13.0. The lowest BCUT2D eigenvalue weighted by Gasteiger charge is -2.25. The fourth-order valence-electron chi connectivity index (χ4n) is 3.24. The molecule has 0 aliphatic carbocycles. The number of hydrogen-bond donors (Lipinski definition) is 1. The highest BCUT2D eigenvalue weighted by Gasteiger charge is 2.44. The van der Waals surface area contributed by atoms with Gasteiger partial charge in [0.15, 0.2) is 0 Å². The highest BCUT2D eigenvalue weighted by atomic mass is 16.2.